The van der Waals surface area contributed by atoms with Gasteiger partial charge < -0.3 is 20.8 Å². The van der Waals surface area contributed by atoms with Gasteiger partial charge in [-0.15, -0.1) is 0 Å². The van der Waals surface area contributed by atoms with Crippen molar-refractivity contribution in [3.8, 4) is 0 Å². The maximum Gasteiger partial charge on any atom is 0.480 e. The molecule has 1 aromatic heterocycles. The molecular weight excluding hydrogens is 229 g/mol. The van der Waals surface area contributed by atoms with Gasteiger partial charge in [0.25, 0.3) is 0 Å². The molecule has 0 spiro atoms. The van der Waals surface area contributed by atoms with Crippen LogP contribution < -0.4 is 11.5 Å². The molecule has 1 aliphatic rings. The number of hydrogen-bond acceptors (Lipinski definition) is 5. The lowest BCUT2D eigenvalue weighted by Crippen LogP contribution is -2.41. The van der Waals surface area contributed by atoms with E-state index >= 15 is 0 Å². The summed E-state index contributed by atoms with van der Waals surface area (Å²) in [7, 11) is -0.513. The fraction of sp³-hybridized carbons (Fsp3) is 0.583. The molecule has 2 heterocycles. The molecule has 4 N–H and O–H groups in total. The summed E-state index contributed by atoms with van der Waals surface area (Å²) in [5, 5.41) is 0. The molecule has 1 saturated heterocycles. The highest BCUT2D eigenvalue weighted by molar-refractivity contribution is 6.47. The van der Waals surface area contributed by atoms with Crippen molar-refractivity contribution < 1.29 is 9.31 Å². The Kier molecular flexibility index (Phi) is 3.13. The van der Waals surface area contributed by atoms with Crippen LogP contribution in [0.2, 0.25) is 0 Å². The molecule has 18 heavy (non-hydrogen) atoms. The van der Waals surface area contributed by atoms with Crippen LogP contribution in [-0.4, -0.2) is 23.3 Å². The molecule has 0 saturated carbocycles. The van der Waals surface area contributed by atoms with Crippen LogP contribution >= 0.6 is 0 Å². The molecule has 6 heteroatoms. The second-order valence-electron chi connectivity index (χ2n) is 5.63. The van der Waals surface area contributed by atoms with Gasteiger partial charge in [0.2, 0.25) is 0 Å². The highest BCUT2D eigenvalue weighted by Crippen LogP contribution is 2.39. The zero-order valence-corrected chi connectivity index (χ0v) is 11.3. The van der Waals surface area contributed by atoms with E-state index in [2.05, 4.69) is 4.98 Å². The number of pyridine rings is 1. The summed E-state index contributed by atoms with van der Waals surface area (Å²) in [6.07, 6.45) is 1.63. The molecule has 0 unspecified atom stereocenters. The Balaban J connectivity index is 2.23. The summed E-state index contributed by atoms with van der Waals surface area (Å²) in [6, 6.07) is 3.65. The van der Waals surface area contributed by atoms with E-state index in [1.54, 1.807) is 12.3 Å². The number of nitrogens with two attached hydrogens (primary N) is 2. The van der Waals surface area contributed by atoms with E-state index in [-0.39, 0.29) is 0 Å². The second-order valence-corrected chi connectivity index (χ2v) is 5.63. The third-order valence-corrected chi connectivity index (χ3v) is 3.80. The van der Waals surface area contributed by atoms with Gasteiger partial charge in [0.1, 0.15) is 5.82 Å². The van der Waals surface area contributed by atoms with Gasteiger partial charge in [-0.2, -0.15) is 0 Å². The van der Waals surface area contributed by atoms with Gasteiger partial charge in [0, 0.05) is 11.8 Å². The van der Waals surface area contributed by atoms with Crippen molar-refractivity contribution in [2.24, 2.45) is 5.73 Å². The van der Waals surface area contributed by atoms with Gasteiger partial charge in [-0.25, -0.2) is 4.98 Å². The molecule has 1 aliphatic heterocycles. The van der Waals surface area contributed by atoms with Crippen LogP contribution in [0.3, 0.4) is 0 Å². The Bertz CT molecular complexity index is 435. The number of nitrogens with zero attached hydrogens (tertiary/aromatic N) is 1. The van der Waals surface area contributed by atoms with E-state index < -0.39 is 24.3 Å². The highest BCUT2D eigenvalue weighted by atomic mass is 16.7. The Hall–Kier alpha value is -1.11. The normalized spacial score (nSPS) is 23.1. The van der Waals surface area contributed by atoms with Crippen LogP contribution in [0, 0.1) is 0 Å². The van der Waals surface area contributed by atoms with Crippen LogP contribution in [-0.2, 0) is 9.31 Å². The fourth-order valence-corrected chi connectivity index (χ4v) is 1.89. The second kappa shape index (κ2) is 4.22. The smallest absolute Gasteiger partial charge is 0.402 e. The zero-order chi connectivity index (χ0) is 13.6. The summed E-state index contributed by atoms with van der Waals surface area (Å²) in [4.78, 5) is 4.03. The van der Waals surface area contributed by atoms with Crippen molar-refractivity contribution in [3.63, 3.8) is 0 Å². The number of anilines is 1. The average molecular weight is 249 g/mol. The summed E-state index contributed by atoms with van der Waals surface area (Å²) in [6.45, 7) is 7.97. The van der Waals surface area contributed by atoms with Crippen LogP contribution in [0.4, 0.5) is 5.82 Å². The summed E-state index contributed by atoms with van der Waals surface area (Å²) >= 11 is 0. The highest BCUT2D eigenvalue weighted by Gasteiger charge is 2.53. The number of hydrogen-bond donors (Lipinski definition) is 2. The number of nitrogen functional groups attached to an aromatic ring is 1. The van der Waals surface area contributed by atoms with Crippen molar-refractivity contribution in [1.82, 2.24) is 4.98 Å². The minimum absolute atomic E-state index is 0.397. The molecule has 1 fully saturated rings. The number of rotatable bonds is 2. The molecule has 0 radical (unpaired) electrons. The van der Waals surface area contributed by atoms with Gasteiger partial charge >= 0.3 is 7.12 Å². The fourth-order valence-electron chi connectivity index (χ4n) is 1.89. The Labute approximate surface area is 108 Å². The first kappa shape index (κ1) is 13.3. The van der Waals surface area contributed by atoms with Gasteiger partial charge in [-0.05, 0) is 33.8 Å². The first-order valence-corrected chi connectivity index (χ1v) is 6.06. The Morgan fingerprint density at radius 3 is 2.28 bits per heavy atom. The molecular formula is C12H20BN3O2. The van der Waals surface area contributed by atoms with Crippen LogP contribution in [0.1, 0.15) is 39.2 Å². The summed E-state index contributed by atoms with van der Waals surface area (Å²) in [5.41, 5.74) is 11.9. The Morgan fingerprint density at radius 1 is 1.22 bits per heavy atom. The first-order valence-electron chi connectivity index (χ1n) is 6.06. The van der Waals surface area contributed by atoms with E-state index in [1.165, 1.54) is 0 Å². The van der Waals surface area contributed by atoms with Crippen molar-refractivity contribution >= 4 is 12.9 Å². The van der Waals surface area contributed by atoms with Gasteiger partial charge in [0.15, 0.2) is 0 Å². The lowest BCUT2D eigenvalue weighted by Gasteiger charge is -2.32. The minimum atomic E-state index is -0.513. The van der Waals surface area contributed by atoms with Crippen molar-refractivity contribution in [1.29, 1.82) is 0 Å². The van der Waals surface area contributed by atoms with Crippen LogP contribution in [0.5, 0.6) is 0 Å². The minimum Gasteiger partial charge on any atom is -0.402 e. The van der Waals surface area contributed by atoms with Crippen LogP contribution in [0.25, 0.3) is 0 Å². The predicted molar refractivity (Wildman–Crippen MR) is 71.7 cm³/mol. The molecule has 5 nitrogen and oxygen atoms in total. The summed E-state index contributed by atoms with van der Waals surface area (Å²) in [5.74, 6) is -0.0283. The molecule has 1 atom stereocenters. The lowest BCUT2D eigenvalue weighted by molar-refractivity contribution is 0.00578. The molecule has 0 bridgehead atoms. The average Bonchev–Trinajstić information content (AvgIpc) is 2.48. The van der Waals surface area contributed by atoms with Crippen molar-refractivity contribution in [3.05, 3.63) is 23.9 Å². The first-order chi connectivity index (χ1) is 8.24. The van der Waals surface area contributed by atoms with Gasteiger partial charge in [-0.3, -0.25) is 0 Å². The number of aromatic nitrogens is 1. The van der Waals surface area contributed by atoms with E-state index in [4.69, 9.17) is 20.8 Å². The predicted octanol–water partition coefficient (Wildman–Crippen LogP) is 1.30. The standard InChI is InChI=1S/C12H20BN3O2/c1-11(2)12(3,4)18-13(17-11)9(14)8-6-5-7-16-10(8)15/h5-7,9H,14H2,1-4H3,(H2,15,16)/t9-/m0/s1. The Morgan fingerprint density at radius 2 is 1.78 bits per heavy atom. The summed E-state index contributed by atoms with van der Waals surface area (Å²) < 4.78 is 11.8. The SMILES string of the molecule is CC1(C)OB([C@@H](N)c2cccnc2N)OC1(C)C. The van der Waals surface area contributed by atoms with Crippen molar-refractivity contribution in [2.75, 3.05) is 5.73 Å². The lowest BCUT2D eigenvalue weighted by atomic mass is 9.75. The molecule has 0 aliphatic carbocycles. The van der Waals surface area contributed by atoms with E-state index in [0.29, 0.717) is 5.82 Å². The third-order valence-electron chi connectivity index (χ3n) is 3.80. The molecule has 1 aromatic rings. The maximum atomic E-state index is 6.17. The van der Waals surface area contributed by atoms with E-state index in [0.717, 1.165) is 5.56 Å². The van der Waals surface area contributed by atoms with Gasteiger partial charge in [0.05, 0.1) is 17.1 Å². The monoisotopic (exact) mass is 249 g/mol. The molecule has 0 aromatic carbocycles. The molecule has 98 valence electrons. The maximum absolute atomic E-state index is 6.17. The van der Waals surface area contributed by atoms with Crippen LogP contribution in [0.15, 0.2) is 18.3 Å². The van der Waals surface area contributed by atoms with Crippen molar-refractivity contribution in [2.45, 2.75) is 44.8 Å². The molecule has 0 amide bonds. The third kappa shape index (κ3) is 2.11. The molecule has 2 rings (SSSR count). The zero-order valence-electron chi connectivity index (χ0n) is 11.3. The largest absolute Gasteiger partial charge is 0.480 e. The van der Waals surface area contributed by atoms with E-state index in [1.807, 2.05) is 33.8 Å². The van der Waals surface area contributed by atoms with Gasteiger partial charge in [-0.1, -0.05) is 6.07 Å². The topological polar surface area (TPSA) is 83.4 Å². The quantitative estimate of drug-likeness (QED) is 0.771. The van der Waals surface area contributed by atoms with E-state index in [9.17, 15) is 0 Å².